The molecule has 1 aliphatic carbocycles. The largest absolute Gasteiger partial charge is 0.396 e. The molecule has 0 aromatic rings. The number of hydrogen-bond donors (Lipinski definition) is 2. The predicted octanol–water partition coefficient (Wildman–Crippen LogP) is 2.07. The molecule has 0 unspecified atom stereocenters. The summed E-state index contributed by atoms with van der Waals surface area (Å²) in [4.78, 5) is 0. The molecule has 0 spiro atoms. The lowest BCUT2D eigenvalue weighted by Gasteiger charge is -2.39. The Bertz CT molecular complexity index is 177. The summed E-state index contributed by atoms with van der Waals surface area (Å²) in [7, 11) is 0. The third kappa shape index (κ3) is 4.04. The maximum atomic E-state index is 8.75. The van der Waals surface area contributed by atoms with Gasteiger partial charge in [0.25, 0.3) is 0 Å². The van der Waals surface area contributed by atoms with Crippen LogP contribution in [0.4, 0.5) is 0 Å². The summed E-state index contributed by atoms with van der Waals surface area (Å²) in [5, 5.41) is 8.75. The fraction of sp³-hybridized carbons (Fsp3) is 1.00. The Morgan fingerprint density at radius 2 is 2.06 bits per heavy atom. The molecule has 0 aliphatic heterocycles. The van der Waals surface area contributed by atoms with E-state index < -0.39 is 0 Å². The van der Waals surface area contributed by atoms with Crippen LogP contribution in [0.5, 0.6) is 0 Å². The van der Waals surface area contributed by atoms with Gasteiger partial charge in [-0.05, 0) is 38.0 Å². The molecule has 0 bridgehead atoms. The van der Waals surface area contributed by atoms with Gasteiger partial charge in [0.1, 0.15) is 0 Å². The number of ether oxygens (including phenoxy) is 1. The van der Waals surface area contributed by atoms with E-state index in [2.05, 4.69) is 6.92 Å². The second-order valence-electron chi connectivity index (χ2n) is 5.04. The average Bonchev–Trinajstić information content (AvgIpc) is 2.32. The zero-order valence-electron chi connectivity index (χ0n) is 10.6. The monoisotopic (exact) mass is 229 g/mol. The molecule has 96 valence electrons. The number of aliphatic hydroxyl groups excluding tert-OH is 1. The van der Waals surface area contributed by atoms with Gasteiger partial charge in [0.05, 0.1) is 5.60 Å². The SMILES string of the molecule is CCCC1CCC(CN)(OCCCO)CC1. The molecule has 3 nitrogen and oxygen atoms in total. The van der Waals surface area contributed by atoms with Crippen molar-refractivity contribution < 1.29 is 9.84 Å². The summed E-state index contributed by atoms with van der Waals surface area (Å²) >= 11 is 0. The van der Waals surface area contributed by atoms with Crippen LogP contribution >= 0.6 is 0 Å². The zero-order valence-corrected chi connectivity index (χ0v) is 10.6. The summed E-state index contributed by atoms with van der Waals surface area (Å²) < 4.78 is 5.90. The second-order valence-corrected chi connectivity index (χ2v) is 5.04. The fourth-order valence-corrected chi connectivity index (χ4v) is 2.66. The van der Waals surface area contributed by atoms with Gasteiger partial charge in [0, 0.05) is 19.8 Å². The van der Waals surface area contributed by atoms with E-state index in [9.17, 15) is 0 Å². The molecule has 1 aliphatic rings. The van der Waals surface area contributed by atoms with Gasteiger partial charge in [-0.3, -0.25) is 0 Å². The Labute approximate surface area is 99.4 Å². The number of aliphatic hydroxyl groups is 1. The van der Waals surface area contributed by atoms with E-state index in [1.165, 1.54) is 25.7 Å². The van der Waals surface area contributed by atoms with Crippen molar-refractivity contribution in [1.29, 1.82) is 0 Å². The molecule has 0 atom stereocenters. The summed E-state index contributed by atoms with van der Waals surface area (Å²) in [5.41, 5.74) is 5.77. The minimum Gasteiger partial charge on any atom is -0.396 e. The lowest BCUT2D eigenvalue weighted by molar-refractivity contribution is -0.0749. The summed E-state index contributed by atoms with van der Waals surface area (Å²) in [5.74, 6) is 0.881. The molecule has 0 radical (unpaired) electrons. The first kappa shape index (κ1) is 13.9. The van der Waals surface area contributed by atoms with Crippen molar-refractivity contribution in [1.82, 2.24) is 0 Å². The Balaban J connectivity index is 2.32. The Hall–Kier alpha value is -0.120. The van der Waals surface area contributed by atoms with Crippen LogP contribution in [0.1, 0.15) is 51.9 Å². The first-order chi connectivity index (χ1) is 7.76. The average molecular weight is 229 g/mol. The maximum absolute atomic E-state index is 8.75. The van der Waals surface area contributed by atoms with E-state index >= 15 is 0 Å². The molecule has 0 aromatic carbocycles. The van der Waals surface area contributed by atoms with Crippen LogP contribution in [0.25, 0.3) is 0 Å². The quantitative estimate of drug-likeness (QED) is 0.657. The van der Waals surface area contributed by atoms with Gasteiger partial charge in [-0.15, -0.1) is 0 Å². The molecular formula is C13H27NO2. The first-order valence-corrected chi connectivity index (χ1v) is 6.71. The molecule has 0 heterocycles. The molecule has 1 rings (SSSR count). The highest BCUT2D eigenvalue weighted by atomic mass is 16.5. The lowest BCUT2D eigenvalue weighted by Crippen LogP contribution is -2.44. The van der Waals surface area contributed by atoms with Gasteiger partial charge in [-0.2, -0.15) is 0 Å². The molecule has 1 fully saturated rings. The number of rotatable bonds is 7. The molecular weight excluding hydrogens is 202 g/mol. The molecule has 1 saturated carbocycles. The van der Waals surface area contributed by atoms with Crippen molar-refractivity contribution >= 4 is 0 Å². The Morgan fingerprint density at radius 1 is 1.38 bits per heavy atom. The Morgan fingerprint density at radius 3 is 2.56 bits per heavy atom. The highest BCUT2D eigenvalue weighted by molar-refractivity contribution is 4.88. The van der Waals surface area contributed by atoms with Crippen LogP contribution in [-0.4, -0.2) is 30.5 Å². The van der Waals surface area contributed by atoms with E-state index in [1.54, 1.807) is 0 Å². The zero-order chi connectivity index (χ0) is 11.9. The van der Waals surface area contributed by atoms with Crippen molar-refractivity contribution in [3.63, 3.8) is 0 Å². The van der Waals surface area contributed by atoms with Crippen LogP contribution in [0.15, 0.2) is 0 Å². The maximum Gasteiger partial charge on any atom is 0.0804 e. The minimum absolute atomic E-state index is 0.0839. The fourth-order valence-electron chi connectivity index (χ4n) is 2.66. The lowest BCUT2D eigenvalue weighted by atomic mass is 9.77. The van der Waals surface area contributed by atoms with Crippen LogP contribution < -0.4 is 5.73 Å². The van der Waals surface area contributed by atoms with Crippen LogP contribution in [0, 0.1) is 5.92 Å². The third-order valence-corrected chi connectivity index (χ3v) is 3.80. The van der Waals surface area contributed by atoms with E-state index in [4.69, 9.17) is 15.6 Å². The van der Waals surface area contributed by atoms with Crippen molar-refractivity contribution in [2.45, 2.75) is 57.5 Å². The van der Waals surface area contributed by atoms with E-state index in [0.717, 1.165) is 25.2 Å². The van der Waals surface area contributed by atoms with Crippen molar-refractivity contribution in [3.05, 3.63) is 0 Å². The van der Waals surface area contributed by atoms with Gasteiger partial charge in [-0.1, -0.05) is 19.8 Å². The van der Waals surface area contributed by atoms with Crippen molar-refractivity contribution in [2.75, 3.05) is 19.8 Å². The smallest absolute Gasteiger partial charge is 0.0804 e. The highest BCUT2D eigenvalue weighted by Crippen LogP contribution is 2.36. The van der Waals surface area contributed by atoms with Crippen LogP contribution in [0.3, 0.4) is 0 Å². The van der Waals surface area contributed by atoms with Gasteiger partial charge in [-0.25, -0.2) is 0 Å². The van der Waals surface area contributed by atoms with Crippen molar-refractivity contribution in [2.24, 2.45) is 11.7 Å². The number of nitrogens with two attached hydrogens (primary N) is 1. The summed E-state index contributed by atoms with van der Waals surface area (Å²) in [6.45, 7) is 3.73. The Kier molecular flexibility index (Phi) is 6.32. The van der Waals surface area contributed by atoms with Crippen molar-refractivity contribution in [3.8, 4) is 0 Å². The summed E-state index contributed by atoms with van der Waals surface area (Å²) in [6.07, 6.45) is 8.05. The summed E-state index contributed by atoms with van der Waals surface area (Å²) in [6, 6.07) is 0. The molecule has 0 saturated heterocycles. The molecule has 3 N–H and O–H groups in total. The predicted molar refractivity (Wildman–Crippen MR) is 66.3 cm³/mol. The van der Waals surface area contributed by atoms with E-state index in [1.807, 2.05) is 0 Å². The second kappa shape index (κ2) is 7.25. The molecule has 0 amide bonds. The third-order valence-electron chi connectivity index (χ3n) is 3.80. The molecule has 0 aromatic heterocycles. The molecule has 16 heavy (non-hydrogen) atoms. The van der Waals surface area contributed by atoms with Gasteiger partial charge < -0.3 is 15.6 Å². The normalized spacial score (nSPS) is 30.6. The highest BCUT2D eigenvalue weighted by Gasteiger charge is 2.34. The van der Waals surface area contributed by atoms with Crippen LogP contribution in [0.2, 0.25) is 0 Å². The standard InChI is InChI=1S/C13H27NO2/c1-2-4-12-5-7-13(11-14,8-6-12)16-10-3-9-15/h12,15H,2-11,14H2,1H3. The van der Waals surface area contributed by atoms with E-state index in [-0.39, 0.29) is 12.2 Å². The van der Waals surface area contributed by atoms with Gasteiger partial charge in [0.2, 0.25) is 0 Å². The van der Waals surface area contributed by atoms with Gasteiger partial charge in [0.15, 0.2) is 0 Å². The number of hydrogen-bond acceptors (Lipinski definition) is 3. The topological polar surface area (TPSA) is 55.5 Å². The minimum atomic E-state index is -0.0839. The van der Waals surface area contributed by atoms with Gasteiger partial charge >= 0.3 is 0 Å². The van der Waals surface area contributed by atoms with E-state index in [0.29, 0.717) is 13.2 Å². The molecule has 3 heteroatoms. The first-order valence-electron chi connectivity index (χ1n) is 6.71. The van der Waals surface area contributed by atoms with Crippen LogP contribution in [-0.2, 0) is 4.74 Å².